The third kappa shape index (κ3) is 4.01. The lowest BCUT2D eigenvalue weighted by molar-refractivity contribution is -0.0401. The van der Waals surface area contributed by atoms with Crippen LogP contribution in [0, 0.1) is 5.82 Å². The Morgan fingerprint density at radius 2 is 2.35 bits per heavy atom. The zero-order valence-corrected chi connectivity index (χ0v) is 13.4. The Labute approximate surface area is 128 Å². The van der Waals surface area contributed by atoms with E-state index in [9.17, 15) is 4.39 Å². The van der Waals surface area contributed by atoms with Crippen molar-refractivity contribution in [2.45, 2.75) is 31.9 Å². The van der Waals surface area contributed by atoms with Crippen LogP contribution in [0.4, 0.5) is 4.39 Å². The molecular weight excluding hydrogens is 323 g/mol. The highest BCUT2D eigenvalue weighted by Gasteiger charge is 2.26. The minimum Gasteiger partial charge on any atom is -0.374 e. The van der Waals surface area contributed by atoms with Crippen molar-refractivity contribution in [1.82, 2.24) is 4.90 Å². The molecule has 2 rings (SSSR count). The number of hydrogen-bond donors (Lipinski definition) is 1. The first-order valence-corrected chi connectivity index (χ1v) is 7.93. The molecule has 1 saturated heterocycles. The van der Waals surface area contributed by atoms with Crippen LogP contribution >= 0.6 is 15.9 Å². The Balaban J connectivity index is 1.97. The quantitative estimate of drug-likeness (QED) is 0.892. The molecule has 0 saturated carbocycles. The third-order valence-electron chi connectivity index (χ3n) is 3.68. The van der Waals surface area contributed by atoms with Crippen LogP contribution in [-0.4, -0.2) is 43.3 Å². The molecule has 1 aromatic rings. The lowest BCUT2D eigenvalue weighted by Crippen LogP contribution is -2.51. The molecule has 2 unspecified atom stereocenters. The maximum Gasteiger partial charge on any atom is 0.137 e. The molecule has 1 aromatic carbocycles. The molecule has 0 aliphatic carbocycles. The molecule has 0 aromatic heterocycles. The van der Waals surface area contributed by atoms with E-state index >= 15 is 0 Å². The predicted molar refractivity (Wildman–Crippen MR) is 82.3 cm³/mol. The van der Waals surface area contributed by atoms with Crippen molar-refractivity contribution in [3.8, 4) is 0 Å². The average Bonchev–Trinajstić information content (AvgIpc) is 2.44. The third-order valence-corrected chi connectivity index (χ3v) is 4.57. The molecule has 1 aliphatic rings. The zero-order chi connectivity index (χ0) is 14.5. The summed E-state index contributed by atoms with van der Waals surface area (Å²) in [5, 5.41) is 0. The maximum absolute atomic E-state index is 13.5. The van der Waals surface area contributed by atoms with E-state index in [0.29, 0.717) is 10.9 Å². The smallest absolute Gasteiger partial charge is 0.137 e. The van der Waals surface area contributed by atoms with E-state index in [0.717, 1.165) is 38.2 Å². The van der Waals surface area contributed by atoms with Gasteiger partial charge < -0.3 is 10.5 Å². The number of halogens is 2. The SMILES string of the molecule is CCCN1CCOC(C(N)Cc2cccc(F)c2Br)C1. The zero-order valence-electron chi connectivity index (χ0n) is 11.8. The van der Waals surface area contributed by atoms with Crippen molar-refractivity contribution in [3.05, 3.63) is 34.1 Å². The summed E-state index contributed by atoms with van der Waals surface area (Å²) in [4.78, 5) is 2.38. The van der Waals surface area contributed by atoms with Crippen molar-refractivity contribution in [2.75, 3.05) is 26.2 Å². The fourth-order valence-corrected chi connectivity index (χ4v) is 3.03. The topological polar surface area (TPSA) is 38.5 Å². The van der Waals surface area contributed by atoms with Crippen molar-refractivity contribution >= 4 is 15.9 Å². The number of hydrogen-bond acceptors (Lipinski definition) is 3. The van der Waals surface area contributed by atoms with E-state index in [4.69, 9.17) is 10.5 Å². The molecule has 5 heteroatoms. The summed E-state index contributed by atoms with van der Waals surface area (Å²) in [7, 11) is 0. The molecule has 0 spiro atoms. The Kier molecular flexibility index (Phi) is 5.96. The van der Waals surface area contributed by atoms with Crippen LogP contribution in [0.25, 0.3) is 0 Å². The van der Waals surface area contributed by atoms with E-state index in [1.807, 2.05) is 6.07 Å². The summed E-state index contributed by atoms with van der Waals surface area (Å²) >= 11 is 3.29. The molecule has 20 heavy (non-hydrogen) atoms. The molecule has 112 valence electrons. The Hall–Kier alpha value is -0.490. The molecule has 1 aliphatic heterocycles. The van der Waals surface area contributed by atoms with Crippen LogP contribution in [0.1, 0.15) is 18.9 Å². The van der Waals surface area contributed by atoms with Gasteiger partial charge in [0.1, 0.15) is 5.82 Å². The van der Waals surface area contributed by atoms with Gasteiger partial charge in [0.05, 0.1) is 17.2 Å². The standard InChI is InChI=1S/C15H22BrFN2O/c1-2-6-19-7-8-20-14(10-19)13(18)9-11-4-3-5-12(17)15(11)16/h3-5,13-14H,2,6-10,18H2,1H3. The van der Waals surface area contributed by atoms with Crippen molar-refractivity contribution in [3.63, 3.8) is 0 Å². The maximum atomic E-state index is 13.5. The minimum atomic E-state index is -0.244. The van der Waals surface area contributed by atoms with Gasteiger partial charge in [-0.25, -0.2) is 4.39 Å². The van der Waals surface area contributed by atoms with Gasteiger partial charge in [-0.2, -0.15) is 0 Å². The number of ether oxygens (including phenoxy) is 1. The lowest BCUT2D eigenvalue weighted by Gasteiger charge is -2.35. The fourth-order valence-electron chi connectivity index (χ4n) is 2.60. The van der Waals surface area contributed by atoms with Crippen LogP contribution in [0.5, 0.6) is 0 Å². The number of benzene rings is 1. The summed E-state index contributed by atoms with van der Waals surface area (Å²) in [6.07, 6.45) is 1.77. The number of rotatable bonds is 5. The monoisotopic (exact) mass is 344 g/mol. The summed E-state index contributed by atoms with van der Waals surface area (Å²) < 4.78 is 19.8. The normalized spacial score (nSPS) is 21.9. The van der Waals surface area contributed by atoms with Crippen molar-refractivity contribution < 1.29 is 9.13 Å². The van der Waals surface area contributed by atoms with Gasteiger partial charge in [0.15, 0.2) is 0 Å². The first-order chi connectivity index (χ1) is 9.61. The molecule has 3 nitrogen and oxygen atoms in total. The van der Waals surface area contributed by atoms with Crippen LogP contribution in [0.15, 0.2) is 22.7 Å². The summed E-state index contributed by atoms with van der Waals surface area (Å²) in [5.41, 5.74) is 7.16. The number of nitrogens with zero attached hydrogens (tertiary/aromatic N) is 1. The van der Waals surface area contributed by atoms with Gasteiger partial charge in [0.2, 0.25) is 0 Å². The minimum absolute atomic E-state index is 0.0190. The summed E-state index contributed by atoms with van der Waals surface area (Å²) in [6, 6.07) is 4.94. The summed E-state index contributed by atoms with van der Waals surface area (Å²) in [5.74, 6) is -0.244. The van der Waals surface area contributed by atoms with Crippen molar-refractivity contribution in [2.24, 2.45) is 5.73 Å². The highest BCUT2D eigenvalue weighted by Crippen LogP contribution is 2.22. The van der Waals surface area contributed by atoms with Crippen LogP contribution in [0.3, 0.4) is 0 Å². The number of nitrogens with two attached hydrogens (primary N) is 1. The van der Waals surface area contributed by atoms with Gasteiger partial charge in [-0.1, -0.05) is 19.1 Å². The van der Waals surface area contributed by atoms with Gasteiger partial charge in [-0.15, -0.1) is 0 Å². The van der Waals surface area contributed by atoms with E-state index < -0.39 is 0 Å². The molecule has 1 fully saturated rings. The molecule has 0 amide bonds. The van der Waals surface area contributed by atoms with E-state index in [1.165, 1.54) is 6.07 Å². The lowest BCUT2D eigenvalue weighted by atomic mass is 10.0. The number of morpholine rings is 1. The van der Waals surface area contributed by atoms with Gasteiger partial charge in [-0.3, -0.25) is 4.90 Å². The Morgan fingerprint density at radius 1 is 1.55 bits per heavy atom. The van der Waals surface area contributed by atoms with Gasteiger partial charge in [-0.05, 0) is 46.9 Å². The van der Waals surface area contributed by atoms with E-state index in [1.54, 1.807) is 6.07 Å². The fraction of sp³-hybridized carbons (Fsp3) is 0.600. The second kappa shape index (κ2) is 7.50. The first kappa shape index (κ1) is 15.9. The predicted octanol–water partition coefficient (Wildman–Crippen LogP) is 2.57. The molecule has 1 heterocycles. The highest BCUT2D eigenvalue weighted by atomic mass is 79.9. The second-order valence-electron chi connectivity index (χ2n) is 5.29. The second-order valence-corrected chi connectivity index (χ2v) is 6.08. The van der Waals surface area contributed by atoms with Crippen LogP contribution in [-0.2, 0) is 11.2 Å². The van der Waals surface area contributed by atoms with Crippen LogP contribution < -0.4 is 5.73 Å². The molecular formula is C15H22BrFN2O. The molecule has 2 N–H and O–H groups in total. The van der Waals surface area contributed by atoms with Crippen LogP contribution in [0.2, 0.25) is 0 Å². The first-order valence-electron chi connectivity index (χ1n) is 7.14. The Morgan fingerprint density at radius 3 is 3.10 bits per heavy atom. The van der Waals surface area contributed by atoms with Gasteiger partial charge in [0.25, 0.3) is 0 Å². The average molecular weight is 345 g/mol. The largest absolute Gasteiger partial charge is 0.374 e. The molecule has 0 radical (unpaired) electrons. The molecule has 0 bridgehead atoms. The molecule has 2 atom stereocenters. The van der Waals surface area contributed by atoms with E-state index in [-0.39, 0.29) is 18.0 Å². The van der Waals surface area contributed by atoms with Crippen molar-refractivity contribution in [1.29, 1.82) is 0 Å². The van der Waals surface area contributed by atoms with Gasteiger partial charge in [0, 0.05) is 19.1 Å². The van der Waals surface area contributed by atoms with E-state index in [2.05, 4.69) is 27.8 Å². The summed E-state index contributed by atoms with van der Waals surface area (Å²) in [6.45, 7) is 5.82. The van der Waals surface area contributed by atoms with Gasteiger partial charge >= 0.3 is 0 Å². The highest BCUT2D eigenvalue weighted by molar-refractivity contribution is 9.10. The Bertz CT molecular complexity index is 442.